The molecule has 19 heavy (non-hydrogen) atoms. The van der Waals surface area contributed by atoms with E-state index in [1.807, 2.05) is 13.0 Å². The Morgan fingerprint density at radius 3 is 2.58 bits per heavy atom. The average molecular weight is 262 g/mol. The van der Waals surface area contributed by atoms with Crippen LogP contribution in [0.3, 0.4) is 0 Å². The van der Waals surface area contributed by atoms with Gasteiger partial charge in [-0.1, -0.05) is 19.8 Å². The first kappa shape index (κ1) is 14.3. The summed E-state index contributed by atoms with van der Waals surface area (Å²) >= 11 is 0. The van der Waals surface area contributed by atoms with Crippen LogP contribution in [0.4, 0.5) is 5.82 Å². The molecular weight excluding hydrogens is 236 g/mol. The minimum absolute atomic E-state index is 0.891. The fraction of sp³-hybridized carbons (Fsp3) is 0.733. The van der Waals surface area contributed by atoms with Crippen molar-refractivity contribution in [2.24, 2.45) is 0 Å². The molecule has 1 aromatic rings. The Kier molecular flexibility index (Phi) is 5.58. The number of anilines is 1. The van der Waals surface area contributed by atoms with E-state index in [1.54, 1.807) is 0 Å². The second-order valence-corrected chi connectivity index (χ2v) is 5.43. The molecule has 1 aliphatic rings. The van der Waals surface area contributed by atoms with Crippen molar-refractivity contribution in [1.82, 2.24) is 14.9 Å². The van der Waals surface area contributed by atoms with Crippen molar-refractivity contribution in [2.75, 3.05) is 25.0 Å². The van der Waals surface area contributed by atoms with Crippen LogP contribution in [0.1, 0.15) is 50.5 Å². The molecule has 4 heteroatoms. The van der Waals surface area contributed by atoms with Crippen molar-refractivity contribution < 1.29 is 0 Å². The molecule has 4 nitrogen and oxygen atoms in total. The van der Waals surface area contributed by atoms with E-state index in [4.69, 9.17) is 0 Å². The van der Waals surface area contributed by atoms with Crippen LogP contribution in [0, 0.1) is 6.92 Å². The lowest BCUT2D eigenvalue weighted by Crippen LogP contribution is -2.25. The Labute approximate surface area is 116 Å². The van der Waals surface area contributed by atoms with E-state index in [9.17, 15) is 0 Å². The van der Waals surface area contributed by atoms with Crippen molar-refractivity contribution in [2.45, 2.75) is 52.5 Å². The summed E-state index contributed by atoms with van der Waals surface area (Å²) in [7, 11) is 0. The molecule has 1 N–H and O–H groups in total. The fourth-order valence-corrected chi connectivity index (χ4v) is 2.54. The Morgan fingerprint density at radius 2 is 1.89 bits per heavy atom. The van der Waals surface area contributed by atoms with E-state index in [2.05, 4.69) is 27.1 Å². The smallest absolute Gasteiger partial charge is 0.144 e. The van der Waals surface area contributed by atoms with Crippen LogP contribution < -0.4 is 5.32 Å². The predicted molar refractivity (Wildman–Crippen MR) is 79.3 cm³/mol. The SMILES string of the molecule is CCCNc1cc(C)nc(CN2CCCCCC2)n1. The summed E-state index contributed by atoms with van der Waals surface area (Å²) in [6.45, 7) is 8.45. The van der Waals surface area contributed by atoms with Gasteiger partial charge in [0.25, 0.3) is 0 Å². The number of hydrogen-bond donors (Lipinski definition) is 1. The van der Waals surface area contributed by atoms with Crippen LogP contribution in [0.25, 0.3) is 0 Å². The van der Waals surface area contributed by atoms with E-state index >= 15 is 0 Å². The minimum Gasteiger partial charge on any atom is -0.370 e. The number of nitrogens with zero attached hydrogens (tertiary/aromatic N) is 3. The summed E-state index contributed by atoms with van der Waals surface area (Å²) in [6.07, 6.45) is 6.48. The third-order valence-electron chi connectivity index (χ3n) is 3.52. The Balaban J connectivity index is 1.99. The van der Waals surface area contributed by atoms with Gasteiger partial charge in [-0.2, -0.15) is 0 Å². The zero-order chi connectivity index (χ0) is 13.5. The minimum atomic E-state index is 0.891. The van der Waals surface area contributed by atoms with Gasteiger partial charge < -0.3 is 5.32 Å². The molecule has 0 aromatic carbocycles. The van der Waals surface area contributed by atoms with Gasteiger partial charge in [-0.15, -0.1) is 0 Å². The molecule has 0 unspecified atom stereocenters. The first-order chi connectivity index (χ1) is 9.28. The third-order valence-corrected chi connectivity index (χ3v) is 3.52. The molecule has 0 radical (unpaired) electrons. The van der Waals surface area contributed by atoms with Crippen LogP contribution in [-0.4, -0.2) is 34.5 Å². The molecule has 2 heterocycles. The zero-order valence-corrected chi connectivity index (χ0v) is 12.3. The summed E-state index contributed by atoms with van der Waals surface area (Å²) in [5.41, 5.74) is 1.05. The maximum Gasteiger partial charge on any atom is 0.144 e. The van der Waals surface area contributed by atoms with E-state index in [1.165, 1.54) is 38.8 Å². The summed E-state index contributed by atoms with van der Waals surface area (Å²) in [4.78, 5) is 11.7. The highest BCUT2D eigenvalue weighted by Gasteiger charge is 2.11. The van der Waals surface area contributed by atoms with Crippen molar-refractivity contribution in [1.29, 1.82) is 0 Å². The highest BCUT2D eigenvalue weighted by Crippen LogP contribution is 2.13. The van der Waals surface area contributed by atoms with Crippen molar-refractivity contribution in [3.63, 3.8) is 0 Å². The number of hydrogen-bond acceptors (Lipinski definition) is 4. The zero-order valence-electron chi connectivity index (χ0n) is 12.3. The normalized spacial score (nSPS) is 17.2. The Morgan fingerprint density at radius 1 is 1.16 bits per heavy atom. The topological polar surface area (TPSA) is 41.1 Å². The van der Waals surface area contributed by atoms with E-state index in [0.717, 1.165) is 36.8 Å². The molecule has 0 amide bonds. The molecule has 1 aromatic heterocycles. The maximum atomic E-state index is 4.63. The van der Waals surface area contributed by atoms with Crippen LogP contribution in [0.15, 0.2) is 6.07 Å². The molecule has 0 atom stereocenters. The molecule has 0 spiro atoms. The van der Waals surface area contributed by atoms with Gasteiger partial charge >= 0.3 is 0 Å². The van der Waals surface area contributed by atoms with E-state index in [-0.39, 0.29) is 0 Å². The summed E-state index contributed by atoms with van der Waals surface area (Å²) < 4.78 is 0. The maximum absolute atomic E-state index is 4.63. The third kappa shape index (κ3) is 4.78. The first-order valence-corrected chi connectivity index (χ1v) is 7.58. The van der Waals surface area contributed by atoms with Gasteiger partial charge in [0.2, 0.25) is 0 Å². The average Bonchev–Trinajstić information content (AvgIpc) is 2.64. The largest absolute Gasteiger partial charge is 0.370 e. The number of nitrogens with one attached hydrogen (secondary N) is 1. The van der Waals surface area contributed by atoms with Gasteiger partial charge in [0, 0.05) is 18.3 Å². The Bertz CT molecular complexity index is 384. The molecule has 2 rings (SSSR count). The molecule has 1 saturated heterocycles. The van der Waals surface area contributed by atoms with Gasteiger partial charge in [-0.05, 0) is 39.3 Å². The summed E-state index contributed by atoms with van der Waals surface area (Å²) in [5.74, 6) is 1.93. The molecule has 0 saturated carbocycles. The van der Waals surface area contributed by atoms with Crippen LogP contribution in [0.2, 0.25) is 0 Å². The number of rotatable bonds is 5. The molecule has 106 valence electrons. The van der Waals surface area contributed by atoms with Gasteiger partial charge in [-0.3, -0.25) is 4.90 Å². The predicted octanol–water partition coefficient (Wildman–Crippen LogP) is 2.98. The summed E-state index contributed by atoms with van der Waals surface area (Å²) in [6, 6.07) is 2.03. The monoisotopic (exact) mass is 262 g/mol. The van der Waals surface area contributed by atoms with E-state index in [0.29, 0.717) is 0 Å². The molecular formula is C15H26N4. The molecule has 0 bridgehead atoms. The Hall–Kier alpha value is -1.16. The van der Waals surface area contributed by atoms with Gasteiger partial charge in [0.15, 0.2) is 0 Å². The second kappa shape index (κ2) is 7.43. The van der Waals surface area contributed by atoms with Crippen molar-refractivity contribution >= 4 is 5.82 Å². The lowest BCUT2D eigenvalue weighted by Gasteiger charge is -2.19. The standard InChI is InChI=1S/C15H26N4/c1-3-8-16-14-11-13(2)17-15(18-14)12-19-9-6-4-5-7-10-19/h11H,3-10,12H2,1-2H3,(H,16,17,18). The van der Waals surface area contributed by atoms with E-state index < -0.39 is 0 Å². The molecule has 1 aliphatic heterocycles. The van der Waals surface area contributed by atoms with Gasteiger partial charge in [0.1, 0.15) is 11.6 Å². The van der Waals surface area contributed by atoms with Crippen molar-refractivity contribution in [3.8, 4) is 0 Å². The summed E-state index contributed by atoms with van der Waals surface area (Å²) in [5, 5.41) is 3.36. The molecule has 0 aliphatic carbocycles. The first-order valence-electron chi connectivity index (χ1n) is 7.58. The van der Waals surface area contributed by atoms with Gasteiger partial charge in [-0.25, -0.2) is 9.97 Å². The lowest BCUT2D eigenvalue weighted by atomic mass is 10.2. The second-order valence-electron chi connectivity index (χ2n) is 5.43. The number of aryl methyl sites for hydroxylation is 1. The molecule has 1 fully saturated rings. The number of likely N-dealkylation sites (tertiary alicyclic amines) is 1. The van der Waals surface area contributed by atoms with Crippen LogP contribution >= 0.6 is 0 Å². The fourth-order valence-electron chi connectivity index (χ4n) is 2.54. The van der Waals surface area contributed by atoms with Gasteiger partial charge in [0.05, 0.1) is 6.54 Å². The quantitative estimate of drug-likeness (QED) is 0.885. The lowest BCUT2D eigenvalue weighted by molar-refractivity contribution is 0.270. The van der Waals surface area contributed by atoms with Crippen LogP contribution in [0.5, 0.6) is 0 Å². The van der Waals surface area contributed by atoms with Crippen molar-refractivity contribution in [3.05, 3.63) is 17.6 Å². The highest BCUT2D eigenvalue weighted by molar-refractivity contribution is 5.35. The highest BCUT2D eigenvalue weighted by atomic mass is 15.2. The van der Waals surface area contributed by atoms with Crippen LogP contribution in [-0.2, 0) is 6.54 Å². The number of aromatic nitrogens is 2.